The van der Waals surface area contributed by atoms with Gasteiger partial charge in [-0.1, -0.05) is 55.3 Å². The Hall–Kier alpha value is -0.860. The quantitative estimate of drug-likeness (QED) is 0.563. The summed E-state index contributed by atoms with van der Waals surface area (Å²) in [5, 5.41) is 0.352. The van der Waals surface area contributed by atoms with Crippen LogP contribution >= 0.6 is 25.3 Å². The minimum Gasteiger partial charge on any atom is -0.174 e. The van der Waals surface area contributed by atoms with E-state index >= 15 is 0 Å². The Bertz CT molecular complexity index is 692. The number of rotatable bonds is 1. The molecular formula is C19H20S2. The van der Waals surface area contributed by atoms with Gasteiger partial charge < -0.3 is 0 Å². The summed E-state index contributed by atoms with van der Waals surface area (Å²) in [6, 6.07) is 15.5. The zero-order valence-corrected chi connectivity index (χ0v) is 13.8. The molecule has 2 aromatic rings. The second-order valence-corrected chi connectivity index (χ2v) is 7.77. The van der Waals surface area contributed by atoms with Crippen LogP contribution in [0.15, 0.2) is 42.5 Å². The highest BCUT2D eigenvalue weighted by atomic mass is 32.1. The Balaban J connectivity index is 1.86. The van der Waals surface area contributed by atoms with E-state index in [0.29, 0.717) is 5.25 Å². The van der Waals surface area contributed by atoms with E-state index in [1.807, 2.05) is 0 Å². The maximum atomic E-state index is 5.14. The Morgan fingerprint density at radius 3 is 2.62 bits per heavy atom. The number of hydrogen-bond donors (Lipinski definition) is 2. The van der Waals surface area contributed by atoms with Crippen LogP contribution in [-0.2, 0) is 11.2 Å². The van der Waals surface area contributed by atoms with E-state index in [-0.39, 0.29) is 4.75 Å². The molecule has 0 nitrogen and oxygen atoms in total. The predicted molar refractivity (Wildman–Crippen MR) is 96.6 cm³/mol. The number of thiol groups is 2. The van der Waals surface area contributed by atoms with Crippen LogP contribution in [0.5, 0.6) is 0 Å². The lowest BCUT2D eigenvalue weighted by Crippen LogP contribution is -2.34. The molecular weight excluding hydrogens is 292 g/mol. The molecule has 2 heteroatoms. The third-order valence-electron chi connectivity index (χ3n) is 5.15. The van der Waals surface area contributed by atoms with Crippen molar-refractivity contribution in [3.8, 4) is 11.1 Å². The summed E-state index contributed by atoms with van der Waals surface area (Å²) in [6.07, 6.45) is 5.90. The lowest BCUT2D eigenvalue weighted by molar-refractivity contribution is 0.422. The fourth-order valence-corrected chi connectivity index (χ4v) is 4.96. The zero-order chi connectivity index (χ0) is 14.4. The normalized spacial score (nSPS) is 27.2. The molecule has 0 bridgehead atoms. The van der Waals surface area contributed by atoms with Gasteiger partial charge in [-0.25, -0.2) is 0 Å². The highest BCUT2D eigenvalue weighted by Crippen LogP contribution is 2.50. The van der Waals surface area contributed by atoms with Gasteiger partial charge in [-0.15, -0.1) is 0 Å². The van der Waals surface area contributed by atoms with Gasteiger partial charge in [0.1, 0.15) is 0 Å². The van der Waals surface area contributed by atoms with Crippen molar-refractivity contribution in [2.75, 3.05) is 0 Å². The van der Waals surface area contributed by atoms with Gasteiger partial charge in [-0.2, -0.15) is 25.3 Å². The molecule has 2 aliphatic rings. The van der Waals surface area contributed by atoms with Gasteiger partial charge in [-0.3, -0.25) is 0 Å². The van der Waals surface area contributed by atoms with Crippen LogP contribution < -0.4 is 0 Å². The van der Waals surface area contributed by atoms with Crippen molar-refractivity contribution in [2.45, 2.75) is 42.1 Å². The maximum Gasteiger partial charge on any atom is 0.0497 e. The predicted octanol–water partition coefficient (Wildman–Crippen LogP) is 5.26. The van der Waals surface area contributed by atoms with Gasteiger partial charge >= 0.3 is 0 Å². The SMILES string of the molecule is SC1CCCCC1(S)c1cccc2c1Cc1ccccc1-2. The molecule has 2 aromatic carbocycles. The van der Waals surface area contributed by atoms with Crippen LogP contribution in [0.4, 0.5) is 0 Å². The highest BCUT2D eigenvalue weighted by molar-refractivity contribution is 7.85. The molecule has 4 rings (SSSR count). The first-order valence-electron chi connectivity index (χ1n) is 7.81. The van der Waals surface area contributed by atoms with E-state index in [1.54, 1.807) is 0 Å². The third kappa shape index (κ3) is 2.07. The van der Waals surface area contributed by atoms with Crippen molar-refractivity contribution >= 4 is 25.3 Å². The van der Waals surface area contributed by atoms with Crippen LogP contribution in [0.3, 0.4) is 0 Å². The van der Waals surface area contributed by atoms with Gasteiger partial charge in [0.25, 0.3) is 0 Å². The largest absolute Gasteiger partial charge is 0.174 e. The van der Waals surface area contributed by atoms with Gasteiger partial charge in [0.2, 0.25) is 0 Å². The second kappa shape index (κ2) is 5.10. The Morgan fingerprint density at radius 1 is 0.952 bits per heavy atom. The summed E-state index contributed by atoms with van der Waals surface area (Å²) in [7, 11) is 0. The lowest BCUT2D eigenvalue weighted by atomic mass is 9.79. The summed E-state index contributed by atoms with van der Waals surface area (Å²) >= 11 is 10.0. The van der Waals surface area contributed by atoms with Crippen molar-refractivity contribution < 1.29 is 0 Å². The Labute approximate surface area is 137 Å². The zero-order valence-electron chi connectivity index (χ0n) is 12.0. The number of benzene rings is 2. The molecule has 0 amide bonds. The molecule has 2 aliphatic carbocycles. The van der Waals surface area contributed by atoms with E-state index in [4.69, 9.17) is 25.3 Å². The minimum absolute atomic E-state index is 0.0747. The van der Waals surface area contributed by atoms with Crippen molar-refractivity contribution in [3.63, 3.8) is 0 Å². The van der Waals surface area contributed by atoms with Gasteiger partial charge in [0.15, 0.2) is 0 Å². The molecule has 1 fully saturated rings. The molecule has 0 heterocycles. The van der Waals surface area contributed by atoms with Crippen molar-refractivity contribution in [2.24, 2.45) is 0 Å². The van der Waals surface area contributed by atoms with Crippen LogP contribution in [0, 0.1) is 0 Å². The van der Waals surface area contributed by atoms with Crippen molar-refractivity contribution in [1.29, 1.82) is 0 Å². The fraction of sp³-hybridized carbons (Fsp3) is 0.368. The Kier molecular flexibility index (Phi) is 3.35. The topological polar surface area (TPSA) is 0 Å². The molecule has 2 unspecified atom stereocenters. The van der Waals surface area contributed by atoms with Gasteiger partial charge in [-0.05, 0) is 47.1 Å². The first kappa shape index (κ1) is 13.8. The van der Waals surface area contributed by atoms with Crippen molar-refractivity contribution in [3.05, 3.63) is 59.2 Å². The molecule has 1 saturated carbocycles. The number of fused-ring (bicyclic) bond motifs is 3. The van der Waals surface area contributed by atoms with E-state index in [1.165, 1.54) is 47.1 Å². The molecule has 21 heavy (non-hydrogen) atoms. The highest BCUT2D eigenvalue weighted by Gasteiger charge is 2.39. The molecule has 108 valence electrons. The van der Waals surface area contributed by atoms with Crippen LogP contribution in [0.1, 0.15) is 42.4 Å². The fourth-order valence-electron chi connectivity index (χ4n) is 4.01. The summed E-state index contributed by atoms with van der Waals surface area (Å²) in [5.41, 5.74) is 7.15. The molecule has 0 saturated heterocycles. The second-order valence-electron chi connectivity index (χ2n) is 6.35. The van der Waals surface area contributed by atoms with Crippen LogP contribution in [0.25, 0.3) is 11.1 Å². The van der Waals surface area contributed by atoms with E-state index in [9.17, 15) is 0 Å². The average Bonchev–Trinajstić information content (AvgIpc) is 2.89. The van der Waals surface area contributed by atoms with Crippen molar-refractivity contribution in [1.82, 2.24) is 0 Å². The molecule has 2 atom stereocenters. The molecule has 0 N–H and O–H groups in total. The summed E-state index contributed by atoms with van der Waals surface area (Å²) in [5.74, 6) is 0. The van der Waals surface area contributed by atoms with E-state index < -0.39 is 0 Å². The lowest BCUT2D eigenvalue weighted by Gasteiger charge is -2.39. The van der Waals surface area contributed by atoms with E-state index in [2.05, 4.69) is 42.5 Å². The monoisotopic (exact) mass is 312 g/mol. The maximum absolute atomic E-state index is 5.14. The van der Waals surface area contributed by atoms with Crippen LogP contribution in [-0.4, -0.2) is 5.25 Å². The third-order valence-corrected chi connectivity index (χ3v) is 6.83. The molecule has 0 radical (unpaired) electrons. The number of hydrogen-bond acceptors (Lipinski definition) is 2. The van der Waals surface area contributed by atoms with Gasteiger partial charge in [0.05, 0.1) is 0 Å². The minimum atomic E-state index is -0.0747. The van der Waals surface area contributed by atoms with E-state index in [0.717, 1.165) is 12.8 Å². The summed E-state index contributed by atoms with van der Waals surface area (Å²) in [6.45, 7) is 0. The smallest absolute Gasteiger partial charge is 0.0497 e. The summed E-state index contributed by atoms with van der Waals surface area (Å²) < 4.78 is -0.0747. The average molecular weight is 313 g/mol. The molecule has 0 aliphatic heterocycles. The molecule has 0 spiro atoms. The Morgan fingerprint density at radius 2 is 1.76 bits per heavy atom. The first-order chi connectivity index (χ1) is 10.2. The van der Waals surface area contributed by atoms with Gasteiger partial charge in [0, 0.05) is 10.00 Å². The van der Waals surface area contributed by atoms with Crippen LogP contribution in [0.2, 0.25) is 0 Å². The molecule has 0 aromatic heterocycles. The first-order valence-corrected chi connectivity index (χ1v) is 8.77. The summed E-state index contributed by atoms with van der Waals surface area (Å²) in [4.78, 5) is 0. The standard InChI is InChI=1S/C19H20S2/c20-18-10-3-4-11-19(18,21)17-9-5-8-15-14-7-2-1-6-13(14)12-16(15)17/h1-2,5-9,18,20-21H,3-4,10-12H2.